The van der Waals surface area contributed by atoms with Crippen LogP contribution in [0.25, 0.3) is 0 Å². The average molecular weight is 386 g/mol. The number of aromatic nitrogens is 1. The van der Waals surface area contributed by atoms with Gasteiger partial charge in [0.15, 0.2) is 0 Å². The Kier molecular flexibility index (Phi) is 7.28. The largest absolute Gasteiger partial charge is 0.450 e. The van der Waals surface area contributed by atoms with Crippen molar-refractivity contribution >= 4 is 17.8 Å². The minimum absolute atomic E-state index is 0.0241. The van der Waals surface area contributed by atoms with E-state index in [1.165, 1.54) is 31.3 Å². The highest BCUT2D eigenvalue weighted by atomic mass is 16.6. The lowest BCUT2D eigenvalue weighted by Crippen LogP contribution is -2.50. The Hall–Kier alpha value is -2.57. The van der Waals surface area contributed by atoms with Gasteiger partial charge in [0.2, 0.25) is 0 Å². The Balaban J connectivity index is 1.50. The predicted octanol–water partition coefficient (Wildman–Crippen LogP) is 3.30. The van der Waals surface area contributed by atoms with Crippen LogP contribution in [0.2, 0.25) is 0 Å². The number of carbonyl (C=O) groups excluding carboxylic acids is 2. The highest BCUT2D eigenvalue weighted by molar-refractivity contribution is 5.95. The first kappa shape index (κ1) is 20.2. The molecule has 0 saturated carbocycles. The number of pyridine rings is 1. The molecule has 1 aliphatic heterocycles. The molecule has 0 bridgehead atoms. The molecule has 0 spiro atoms. The van der Waals surface area contributed by atoms with Gasteiger partial charge in [-0.1, -0.05) is 11.6 Å². The fourth-order valence-electron chi connectivity index (χ4n) is 3.63. The van der Waals surface area contributed by atoms with Crippen LogP contribution in [-0.2, 0) is 4.74 Å². The molecule has 1 aromatic rings. The van der Waals surface area contributed by atoms with Gasteiger partial charge >= 0.3 is 6.09 Å². The van der Waals surface area contributed by atoms with E-state index in [4.69, 9.17) is 4.74 Å². The molecule has 0 atom stereocenters. The summed E-state index contributed by atoms with van der Waals surface area (Å²) >= 11 is 0. The van der Waals surface area contributed by atoms with Crippen LogP contribution in [0, 0.1) is 0 Å². The normalized spacial score (nSPS) is 17.1. The molecule has 1 aliphatic carbocycles. The zero-order chi connectivity index (χ0) is 19.8. The van der Waals surface area contributed by atoms with Gasteiger partial charge in [-0.2, -0.15) is 0 Å². The van der Waals surface area contributed by atoms with Gasteiger partial charge in [-0.3, -0.25) is 4.79 Å². The van der Waals surface area contributed by atoms with Crippen molar-refractivity contribution in [3.05, 3.63) is 35.5 Å². The number of nitrogens with zero attached hydrogens (tertiary/aromatic N) is 3. The van der Waals surface area contributed by atoms with Crippen molar-refractivity contribution < 1.29 is 14.3 Å². The van der Waals surface area contributed by atoms with Crippen molar-refractivity contribution in [1.29, 1.82) is 0 Å². The summed E-state index contributed by atoms with van der Waals surface area (Å²) in [5.41, 5.74) is 2.14. The molecule has 0 aromatic carbocycles. The molecule has 2 amide bonds. The second kappa shape index (κ2) is 10.1. The van der Waals surface area contributed by atoms with Crippen molar-refractivity contribution in [2.45, 2.75) is 39.0 Å². The SMILES string of the molecule is CCOC(=O)N1CCN(C(=O)c2ccnc(NCCC3=CCCCC3)c2)CC1. The van der Waals surface area contributed by atoms with E-state index in [2.05, 4.69) is 16.4 Å². The van der Waals surface area contributed by atoms with Gasteiger partial charge in [0, 0.05) is 44.5 Å². The van der Waals surface area contributed by atoms with Gasteiger partial charge in [-0.25, -0.2) is 9.78 Å². The van der Waals surface area contributed by atoms with Crippen LogP contribution in [0.3, 0.4) is 0 Å². The molecule has 7 nitrogen and oxygen atoms in total. The number of allylic oxidation sites excluding steroid dienone is 1. The van der Waals surface area contributed by atoms with Gasteiger partial charge in [0.1, 0.15) is 5.82 Å². The van der Waals surface area contributed by atoms with Gasteiger partial charge < -0.3 is 19.9 Å². The Bertz CT molecular complexity index is 711. The molecule has 7 heteroatoms. The molecule has 0 unspecified atom stereocenters. The number of piperazine rings is 1. The third-order valence-electron chi connectivity index (χ3n) is 5.24. The van der Waals surface area contributed by atoms with Gasteiger partial charge in [0.25, 0.3) is 5.91 Å². The molecule has 3 rings (SSSR count). The lowest BCUT2D eigenvalue weighted by molar-refractivity contribution is 0.0570. The van der Waals surface area contributed by atoms with E-state index < -0.39 is 0 Å². The van der Waals surface area contributed by atoms with Crippen LogP contribution in [0.15, 0.2) is 30.0 Å². The zero-order valence-corrected chi connectivity index (χ0v) is 16.7. The molecule has 152 valence electrons. The molecule has 0 radical (unpaired) electrons. The molecular weight excluding hydrogens is 356 g/mol. The topological polar surface area (TPSA) is 74.8 Å². The maximum Gasteiger partial charge on any atom is 0.409 e. The third kappa shape index (κ3) is 5.47. The number of amides is 2. The lowest BCUT2D eigenvalue weighted by Gasteiger charge is -2.34. The van der Waals surface area contributed by atoms with E-state index in [1.807, 2.05) is 6.07 Å². The first-order chi connectivity index (χ1) is 13.7. The number of rotatable bonds is 6. The van der Waals surface area contributed by atoms with Crippen molar-refractivity contribution in [3.8, 4) is 0 Å². The molecule has 1 aromatic heterocycles. The summed E-state index contributed by atoms with van der Waals surface area (Å²) in [5.74, 6) is 0.705. The summed E-state index contributed by atoms with van der Waals surface area (Å²) in [4.78, 5) is 32.3. The fourth-order valence-corrected chi connectivity index (χ4v) is 3.63. The van der Waals surface area contributed by atoms with Gasteiger partial charge in [-0.15, -0.1) is 0 Å². The maximum absolute atomic E-state index is 12.8. The minimum atomic E-state index is -0.307. The van der Waals surface area contributed by atoms with Crippen molar-refractivity contribution in [3.63, 3.8) is 0 Å². The average Bonchev–Trinajstić information content (AvgIpc) is 2.74. The first-order valence-electron chi connectivity index (χ1n) is 10.3. The summed E-state index contributed by atoms with van der Waals surface area (Å²) < 4.78 is 5.02. The van der Waals surface area contributed by atoms with Crippen molar-refractivity contribution in [1.82, 2.24) is 14.8 Å². The Morgan fingerprint density at radius 3 is 2.68 bits per heavy atom. The summed E-state index contributed by atoms with van der Waals surface area (Å²) in [6.07, 6.45) is 9.73. The van der Waals surface area contributed by atoms with E-state index in [9.17, 15) is 9.59 Å². The molecule has 1 N–H and O–H groups in total. The number of anilines is 1. The van der Waals surface area contributed by atoms with Crippen LogP contribution in [0.4, 0.5) is 10.6 Å². The smallest absolute Gasteiger partial charge is 0.409 e. The Labute approximate surface area is 166 Å². The number of carbonyl (C=O) groups is 2. The number of ether oxygens (including phenoxy) is 1. The van der Waals surface area contributed by atoms with Gasteiger partial charge in [-0.05, 0) is 51.2 Å². The third-order valence-corrected chi connectivity index (χ3v) is 5.24. The summed E-state index contributed by atoms with van der Waals surface area (Å²) in [6.45, 7) is 5.00. The first-order valence-corrected chi connectivity index (χ1v) is 10.3. The number of nitrogens with one attached hydrogen (secondary N) is 1. The second-order valence-corrected chi connectivity index (χ2v) is 7.19. The minimum Gasteiger partial charge on any atom is -0.450 e. The number of hydrogen-bond donors (Lipinski definition) is 1. The van der Waals surface area contributed by atoms with Crippen LogP contribution >= 0.6 is 0 Å². The lowest BCUT2D eigenvalue weighted by atomic mass is 9.97. The molecule has 28 heavy (non-hydrogen) atoms. The van der Waals surface area contributed by atoms with E-state index in [1.54, 1.807) is 29.0 Å². The highest BCUT2D eigenvalue weighted by Gasteiger charge is 2.25. The molecule has 1 saturated heterocycles. The summed E-state index contributed by atoms with van der Waals surface area (Å²) in [5, 5.41) is 3.33. The molecule has 2 heterocycles. The second-order valence-electron chi connectivity index (χ2n) is 7.19. The summed E-state index contributed by atoms with van der Waals surface area (Å²) in [7, 11) is 0. The Morgan fingerprint density at radius 2 is 1.96 bits per heavy atom. The van der Waals surface area contributed by atoms with E-state index in [0.29, 0.717) is 38.3 Å². The molecular formula is C21H30N4O3. The van der Waals surface area contributed by atoms with Crippen molar-refractivity contribution in [2.24, 2.45) is 0 Å². The predicted molar refractivity (Wildman–Crippen MR) is 108 cm³/mol. The molecule has 1 fully saturated rings. The standard InChI is InChI=1S/C21H30N4O3/c1-2-28-21(27)25-14-12-24(13-15-25)20(26)18-9-11-23-19(16-18)22-10-8-17-6-4-3-5-7-17/h6,9,11,16H,2-5,7-8,10,12-15H2,1H3,(H,22,23). The van der Waals surface area contributed by atoms with Crippen LogP contribution in [0.5, 0.6) is 0 Å². The monoisotopic (exact) mass is 386 g/mol. The van der Waals surface area contributed by atoms with Crippen LogP contribution < -0.4 is 5.32 Å². The summed E-state index contributed by atoms with van der Waals surface area (Å²) in [6, 6.07) is 3.56. The highest BCUT2D eigenvalue weighted by Crippen LogP contribution is 2.20. The maximum atomic E-state index is 12.8. The zero-order valence-electron chi connectivity index (χ0n) is 16.7. The fraction of sp³-hybridized carbons (Fsp3) is 0.571. The number of hydrogen-bond acceptors (Lipinski definition) is 5. The molecule has 2 aliphatic rings. The van der Waals surface area contributed by atoms with Crippen molar-refractivity contribution in [2.75, 3.05) is 44.6 Å². The van der Waals surface area contributed by atoms with E-state index >= 15 is 0 Å². The van der Waals surface area contributed by atoms with Gasteiger partial charge in [0.05, 0.1) is 6.61 Å². The van der Waals surface area contributed by atoms with Crippen LogP contribution in [-0.4, -0.2) is 66.1 Å². The quantitative estimate of drug-likeness (QED) is 0.760. The Morgan fingerprint density at radius 1 is 1.18 bits per heavy atom. The van der Waals surface area contributed by atoms with Crippen LogP contribution in [0.1, 0.15) is 49.4 Å². The van der Waals surface area contributed by atoms with E-state index in [-0.39, 0.29) is 12.0 Å². The van der Waals surface area contributed by atoms with E-state index in [0.717, 1.165) is 18.8 Å².